The maximum Gasteiger partial charge on any atom is 0.236 e. The molecule has 0 aliphatic carbocycles. The van der Waals surface area contributed by atoms with Gasteiger partial charge in [-0.1, -0.05) is 17.8 Å². The number of rotatable bonds is 7. The Hall–Kier alpha value is -2.39. The van der Waals surface area contributed by atoms with Crippen LogP contribution in [0.15, 0.2) is 34.9 Å². The molecule has 0 radical (unpaired) electrons. The summed E-state index contributed by atoms with van der Waals surface area (Å²) in [5.41, 5.74) is 2.30. The van der Waals surface area contributed by atoms with Gasteiger partial charge in [0.25, 0.3) is 0 Å². The molecular formula is C18H21N5O2S2. The number of aromatic nitrogens is 4. The number of thiazole rings is 1. The highest BCUT2D eigenvalue weighted by Crippen LogP contribution is 2.25. The van der Waals surface area contributed by atoms with Crippen LogP contribution in [-0.2, 0) is 11.8 Å². The number of carbonyl (C=O) groups is 1. The van der Waals surface area contributed by atoms with E-state index in [-0.39, 0.29) is 17.8 Å². The van der Waals surface area contributed by atoms with Crippen molar-refractivity contribution in [2.75, 3.05) is 11.1 Å². The summed E-state index contributed by atoms with van der Waals surface area (Å²) < 4.78 is 7.89. The summed E-state index contributed by atoms with van der Waals surface area (Å²) in [5, 5.41) is 14.2. The molecule has 0 saturated heterocycles. The second-order valence-corrected chi connectivity index (χ2v) is 7.99. The van der Waals surface area contributed by atoms with Crippen molar-refractivity contribution < 1.29 is 9.53 Å². The predicted octanol–water partition coefficient (Wildman–Crippen LogP) is 3.76. The summed E-state index contributed by atoms with van der Waals surface area (Å²) in [6.45, 7) is 6.02. The quantitative estimate of drug-likeness (QED) is 0.605. The van der Waals surface area contributed by atoms with Crippen molar-refractivity contribution in [2.24, 2.45) is 7.05 Å². The van der Waals surface area contributed by atoms with Gasteiger partial charge in [0.15, 0.2) is 22.2 Å². The molecule has 3 rings (SSSR count). The Morgan fingerprint density at radius 3 is 2.70 bits per heavy atom. The van der Waals surface area contributed by atoms with Crippen LogP contribution in [0.5, 0.6) is 5.75 Å². The highest BCUT2D eigenvalue weighted by Gasteiger charge is 2.18. The summed E-state index contributed by atoms with van der Waals surface area (Å²) in [5.74, 6) is 1.62. The average molecular weight is 404 g/mol. The number of thioether (sulfide) groups is 1. The van der Waals surface area contributed by atoms with Crippen LogP contribution in [0.4, 0.5) is 5.13 Å². The smallest absolute Gasteiger partial charge is 0.236 e. The van der Waals surface area contributed by atoms with Crippen LogP contribution in [0.1, 0.15) is 30.0 Å². The lowest BCUT2D eigenvalue weighted by Crippen LogP contribution is -2.14. The van der Waals surface area contributed by atoms with Crippen molar-refractivity contribution in [3.63, 3.8) is 0 Å². The van der Waals surface area contributed by atoms with Crippen LogP contribution in [0.3, 0.4) is 0 Å². The molecule has 27 heavy (non-hydrogen) atoms. The molecule has 1 unspecified atom stereocenters. The third-order valence-electron chi connectivity index (χ3n) is 3.75. The molecule has 0 bridgehead atoms. The Kier molecular flexibility index (Phi) is 6.12. The molecule has 0 fully saturated rings. The molecule has 1 N–H and O–H groups in total. The van der Waals surface area contributed by atoms with Crippen LogP contribution in [-0.4, -0.2) is 31.4 Å². The fourth-order valence-electron chi connectivity index (χ4n) is 2.63. The van der Waals surface area contributed by atoms with Crippen LogP contribution in [0, 0.1) is 13.8 Å². The zero-order valence-electron chi connectivity index (χ0n) is 15.6. The number of nitrogens with one attached hydrogen (secondary N) is 1. The average Bonchev–Trinajstić information content (AvgIpc) is 3.21. The number of amides is 1. The number of benzene rings is 1. The van der Waals surface area contributed by atoms with E-state index in [9.17, 15) is 4.79 Å². The summed E-state index contributed by atoms with van der Waals surface area (Å²) in [7, 11) is 1.87. The second kappa shape index (κ2) is 8.53. The highest BCUT2D eigenvalue weighted by atomic mass is 32.2. The molecule has 3 aromatic rings. The maximum atomic E-state index is 12.0. The minimum Gasteiger partial charge on any atom is -0.483 e. The minimum atomic E-state index is -0.262. The van der Waals surface area contributed by atoms with Gasteiger partial charge in [-0.25, -0.2) is 4.98 Å². The van der Waals surface area contributed by atoms with Crippen LogP contribution in [0.2, 0.25) is 0 Å². The van der Waals surface area contributed by atoms with E-state index >= 15 is 0 Å². The topological polar surface area (TPSA) is 81.9 Å². The van der Waals surface area contributed by atoms with E-state index < -0.39 is 0 Å². The van der Waals surface area contributed by atoms with Gasteiger partial charge in [-0.2, -0.15) is 0 Å². The lowest BCUT2D eigenvalue weighted by molar-refractivity contribution is -0.113. The number of ether oxygens (including phenoxy) is 1. The standard InChI is InChI=1S/C18H21N5O2S2/c1-11-7-12(2)9-14(8-11)25-13(3)16-21-22-18(23(16)4)27-10-15(24)20-17-19-5-6-26-17/h5-9,13H,10H2,1-4H3,(H,19,20,24). The van der Waals surface area contributed by atoms with Crippen molar-refractivity contribution in [3.05, 3.63) is 46.7 Å². The predicted molar refractivity (Wildman–Crippen MR) is 107 cm³/mol. The monoisotopic (exact) mass is 403 g/mol. The molecule has 9 heteroatoms. The first-order valence-corrected chi connectivity index (χ1v) is 10.3. The summed E-state index contributed by atoms with van der Waals surface area (Å²) in [6.07, 6.45) is 1.39. The largest absolute Gasteiger partial charge is 0.483 e. The normalized spacial score (nSPS) is 12.0. The zero-order chi connectivity index (χ0) is 19.4. The molecule has 1 amide bonds. The van der Waals surface area contributed by atoms with Gasteiger partial charge in [0.05, 0.1) is 5.75 Å². The van der Waals surface area contributed by atoms with Crippen molar-refractivity contribution in [1.29, 1.82) is 0 Å². The SMILES string of the molecule is Cc1cc(C)cc(OC(C)c2nnc(SCC(=O)Nc3nccs3)n2C)c1. The third-order valence-corrected chi connectivity index (χ3v) is 5.46. The van der Waals surface area contributed by atoms with E-state index in [0.717, 1.165) is 16.9 Å². The Balaban J connectivity index is 1.61. The lowest BCUT2D eigenvalue weighted by Gasteiger charge is -2.15. The number of hydrogen-bond acceptors (Lipinski definition) is 7. The van der Waals surface area contributed by atoms with Gasteiger partial charge < -0.3 is 14.6 Å². The first-order valence-electron chi connectivity index (χ1n) is 8.38. The molecule has 1 atom stereocenters. The Morgan fingerprint density at radius 2 is 2.04 bits per heavy atom. The zero-order valence-corrected chi connectivity index (χ0v) is 17.2. The maximum absolute atomic E-state index is 12.0. The molecule has 2 aromatic heterocycles. The van der Waals surface area contributed by atoms with Gasteiger partial charge >= 0.3 is 0 Å². The summed E-state index contributed by atoms with van der Waals surface area (Å²) in [6, 6.07) is 6.10. The number of aryl methyl sites for hydroxylation is 2. The van der Waals surface area contributed by atoms with Gasteiger partial charge in [-0.3, -0.25) is 4.79 Å². The van der Waals surface area contributed by atoms with E-state index in [0.29, 0.717) is 16.1 Å². The highest BCUT2D eigenvalue weighted by molar-refractivity contribution is 7.99. The molecule has 2 heterocycles. The van der Waals surface area contributed by atoms with E-state index in [1.165, 1.54) is 23.1 Å². The van der Waals surface area contributed by atoms with E-state index in [4.69, 9.17) is 4.74 Å². The number of nitrogens with zero attached hydrogens (tertiary/aromatic N) is 4. The minimum absolute atomic E-state index is 0.126. The number of anilines is 1. The van der Waals surface area contributed by atoms with Gasteiger partial charge in [0, 0.05) is 18.6 Å². The van der Waals surface area contributed by atoms with Gasteiger partial charge in [-0.15, -0.1) is 21.5 Å². The Bertz CT molecular complexity index is 904. The van der Waals surface area contributed by atoms with Gasteiger partial charge in [-0.05, 0) is 44.0 Å². The van der Waals surface area contributed by atoms with Gasteiger partial charge in [0.1, 0.15) is 5.75 Å². The van der Waals surface area contributed by atoms with E-state index in [1.54, 1.807) is 6.20 Å². The second-order valence-electron chi connectivity index (χ2n) is 6.16. The molecule has 0 aliphatic heterocycles. The lowest BCUT2D eigenvalue weighted by atomic mass is 10.1. The van der Waals surface area contributed by atoms with Crippen molar-refractivity contribution >= 4 is 34.1 Å². The van der Waals surface area contributed by atoms with Crippen molar-refractivity contribution in [3.8, 4) is 5.75 Å². The van der Waals surface area contributed by atoms with Gasteiger partial charge in [0.2, 0.25) is 5.91 Å². The third kappa shape index (κ3) is 5.08. The molecular weight excluding hydrogens is 382 g/mol. The number of carbonyl (C=O) groups excluding carboxylic acids is 1. The first-order chi connectivity index (χ1) is 12.9. The number of hydrogen-bond donors (Lipinski definition) is 1. The first kappa shape index (κ1) is 19.4. The molecule has 142 valence electrons. The fraction of sp³-hybridized carbons (Fsp3) is 0.333. The Labute approximate surface area is 166 Å². The van der Waals surface area contributed by atoms with Crippen molar-refractivity contribution in [2.45, 2.75) is 32.0 Å². The van der Waals surface area contributed by atoms with Crippen LogP contribution < -0.4 is 10.1 Å². The van der Waals surface area contributed by atoms with Crippen LogP contribution >= 0.6 is 23.1 Å². The van der Waals surface area contributed by atoms with Crippen molar-refractivity contribution in [1.82, 2.24) is 19.7 Å². The summed E-state index contributed by atoms with van der Waals surface area (Å²) in [4.78, 5) is 16.0. The molecule has 7 nitrogen and oxygen atoms in total. The van der Waals surface area contributed by atoms with Crippen LogP contribution in [0.25, 0.3) is 0 Å². The fourth-order valence-corrected chi connectivity index (χ4v) is 3.90. The molecule has 0 spiro atoms. The molecule has 0 saturated carbocycles. The molecule has 0 aliphatic rings. The van der Waals surface area contributed by atoms with E-state index in [1.807, 2.05) is 49.9 Å². The molecule has 1 aromatic carbocycles. The Morgan fingerprint density at radius 1 is 1.30 bits per heavy atom. The summed E-state index contributed by atoms with van der Waals surface area (Å²) >= 11 is 2.71. The van der Waals surface area contributed by atoms with E-state index in [2.05, 4.69) is 26.6 Å².